The van der Waals surface area contributed by atoms with Gasteiger partial charge in [0.1, 0.15) is 0 Å². The largest absolute Gasteiger partial charge is 0.327 e. The third-order valence-electron chi connectivity index (χ3n) is 4.17. The fraction of sp³-hybridized carbons (Fsp3) is 0.600. The van der Waals surface area contributed by atoms with Crippen LogP contribution in [0.3, 0.4) is 0 Å². The monoisotopic (exact) mass is 232 g/mol. The molecule has 1 saturated heterocycles. The first-order valence-electron chi connectivity index (χ1n) is 6.55. The van der Waals surface area contributed by atoms with E-state index in [-0.39, 0.29) is 5.41 Å². The van der Waals surface area contributed by atoms with Gasteiger partial charge >= 0.3 is 0 Å². The van der Waals surface area contributed by atoms with Gasteiger partial charge in [-0.15, -0.1) is 0 Å². The molecule has 94 valence electrons. The van der Waals surface area contributed by atoms with Crippen LogP contribution in [-0.4, -0.2) is 24.0 Å². The summed E-state index contributed by atoms with van der Waals surface area (Å²) >= 11 is 0. The minimum Gasteiger partial charge on any atom is -0.327 e. The van der Waals surface area contributed by atoms with Crippen LogP contribution in [0.2, 0.25) is 0 Å². The molecular formula is C15H24N2. The molecule has 0 amide bonds. The molecule has 2 unspecified atom stereocenters. The number of nitrogens with zero attached hydrogens (tertiary/aromatic N) is 1. The number of hydrogen-bond acceptors (Lipinski definition) is 2. The standard InChI is InChI=1S/C15H24N2/c1-12(13-7-5-4-6-8-13)17-10-9-14(16)15(2,3)11-17/h4-8,12,14H,9-11,16H2,1-3H3. The number of hydrogen-bond donors (Lipinski definition) is 1. The lowest BCUT2D eigenvalue weighted by atomic mass is 9.79. The van der Waals surface area contributed by atoms with E-state index < -0.39 is 0 Å². The van der Waals surface area contributed by atoms with Gasteiger partial charge in [0.25, 0.3) is 0 Å². The van der Waals surface area contributed by atoms with Gasteiger partial charge in [-0.25, -0.2) is 0 Å². The predicted octanol–water partition coefficient (Wildman–Crippen LogP) is 2.81. The molecule has 0 saturated carbocycles. The number of nitrogens with two attached hydrogens (primary N) is 1. The van der Waals surface area contributed by atoms with Crippen molar-refractivity contribution in [2.24, 2.45) is 11.1 Å². The highest BCUT2D eigenvalue weighted by Crippen LogP contribution is 2.32. The Morgan fingerprint density at radius 1 is 1.29 bits per heavy atom. The summed E-state index contributed by atoms with van der Waals surface area (Å²) in [5, 5.41) is 0. The Bertz CT molecular complexity index is 358. The molecule has 2 atom stereocenters. The van der Waals surface area contributed by atoms with Crippen LogP contribution in [0, 0.1) is 5.41 Å². The Labute approximate surface area is 105 Å². The average molecular weight is 232 g/mol. The fourth-order valence-electron chi connectivity index (χ4n) is 2.69. The zero-order valence-corrected chi connectivity index (χ0v) is 11.2. The normalized spacial score (nSPS) is 26.7. The van der Waals surface area contributed by atoms with E-state index in [2.05, 4.69) is 56.0 Å². The van der Waals surface area contributed by atoms with Crippen molar-refractivity contribution < 1.29 is 0 Å². The molecule has 2 heteroatoms. The van der Waals surface area contributed by atoms with E-state index in [1.807, 2.05) is 0 Å². The molecule has 0 aromatic heterocycles. The smallest absolute Gasteiger partial charge is 0.0320 e. The first-order valence-corrected chi connectivity index (χ1v) is 6.55. The van der Waals surface area contributed by atoms with Crippen molar-refractivity contribution in [1.82, 2.24) is 4.90 Å². The lowest BCUT2D eigenvalue weighted by molar-refractivity contribution is 0.0664. The predicted molar refractivity (Wildman–Crippen MR) is 72.8 cm³/mol. The number of likely N-dealkylation sites (tertiary alicyclic amines) is 1. The molecule has 1 aromatic rings. The molecule has 2 nitrogen and oxygen atoms in total. The minimum atomic E-state index is 0.224. The third kappa shape index (κ3) is 2.70. The maximum atomic E-state index is 6.19. The number of rotatable bonds is 2. The lowest BCUT2D eigenvalue weighted by Gasteiger charge is -2.45. The topological polar surface area (TPSA) is 29.3 Å². The number of piperidine rings is 1. The van der Waals surface area contributed by atoms with E-state index in [4.69, 9.17) is 5.73 Å². The Hall–Kier alpha value is -0.860. The van der Waals surface area contributed by atoms with Crippen molar-refractivity contribution in [1.29, 1.82) is 0 Å². The van der Waals surface area contributed by atoms with E-state index in [1.165, 1.54) is 5.56 Å². The molecule has 0 radical (unpaired) electrons. The highest BCUT2D eigenvalue weighted by molar-refractivity contribution is 5.18. The molecule has 1 aliphatic rings. The van der Waals surface area contributed by atoms with Crippen LogP contribution >= 0.6 is 0 Å². The zero-order chi connectivity index (χ0) is 12.5. The van der Waals surface area contributed by atoms with Crippen LogP contribution in [0.15, 0.2) is 30.3 Å². The summed E-state index contributed by atoms with van der Waals surface area (Å²) in [5.41, 5.74) is 7.81. The Balaban J connectivity index is 2.09. The Kier molecular flexibility index (Phi) is 3.55. The lowest BCUT2D eigenvalue weighted by Crippen LogP contribution is -2.52. The SMILES string of the molecule is CC(c1ccccc1)N1CCC(N)C(C)(C)C1. The van der Waals surface area contributed by atoms with E-state index in [1.54, 1.807) is 0 Å². The summed E-state index contributed by atoms with van der Waals surface area (Å²) < 4.78 is 0. The summed E-state index contributed by atoms with van der Waals surface area (Å²) in [7, 11) is 0. The van der Waals surface area contributed by atoms with Gasteiger partial charge in [0, 0.05) is 25.2 Å². The second kappa shape index (κ2) is 4.79. The van der Waals surface area contributed by atoms with Gasteiger partial charge in [-0.05, 0) is 24.3 Å². The molecule has 2 N–H and O–H groups in total. The van der Waals surface area contributed by atoms with Gasteiger partial charge in [-0.2, -0.15) is 0 Å². The van der Waals surface area contributed by atoms with Crippen molar-refractivity contribution in [3.63, 3.8) is 0 Å². The summed E-state index contributed by atoms with van der Waals surface area (Å²) in [6.45, 7) is 9.05. The van der Waals surface area contributed by atoms with Crippen LogP contribution in [0.4, 0.5) is 0 Å². The molecular weight excluding hydrogens is 208 g/mol. The van der Waals surface area contributed by atoms with E-state index >= 15 is 0 Å². The molecule has 0 aliphatic carbocycles. The van der Waals surface area contributed by atoms with E-state index in [0.717, 1.165) is 19.5 Å². The first-order chi connectivity index (χ1) is 8.00. The molecule has 1 fully saturated rings. The van der Waals surface area contributed by atoms with Crippen molar-refractivity contribution >= 4 is 0 Å². The van der Waals surface area contributed by atoms with Gasteiger partial charge in [-0.1, -0.05) is 44.2 Å². The van der Waals surface area contributed by atoms with Gasteiger partial charge < -0.3 is 5.73 Å². The highest BCUT2D eigenvalue weighted by atomic mass is 15.2. The molecule has 1 aromatic carbocycles. The molecule has 0 bridgehead atoms. The second-order valence-electron chi connectivity index (χ2n) is 5.94. The van der Waals surface area contributed by atoms with Crippen LogP contribution < -0.4 is 5.73 Å². The third-order valence-corrected chi connectivity index (χ3v) is 4.17. The van der Waals surface area contributed by atoms with Gasteiger partial charge in [0.15, 0.2) is 0 Å². The fourth-order valence-corrected chi connectivity index (χ4v) is 2.69. The zero-order valence-electron chi connectivity index (χ0n) is 11.2. The average Bonchev–Trinajstić information content (AvgIpc) is 2.33. The molecule has 1 heterocycles. The van der Waals surface area contributed by atoms with Gasteiger partial charge in [0.2, 0.25) is 0 Å². The second-order valence-corrected chi connectivity index (χ2v) is 5.94. The highest BCUT2D eigenvalue weighted by Gasteiger charge is 2.35. The quantitative estimate of drug-likeness (QED) is 0.849. The van der Waals surface area contributed by atoms with Crippen LogP contribution in [0.1, 0.15) is 38.8 Å². The first kappa shape index (κ1) is 12.6. The molecule has 1 aliphatic heterocycles. The van der Waals surface area contributed by atoms with Crippen molar-refractivity contribution in [2.75, 3.05) is 13.1 Å². The Morgan fingerprint density at radius 3 is 2.53 bits per heavy atom. The minimum absolute atomic E-state index is 0.224. The molecule has 17 heavy (non-hydrogen) atoms. The summed E-state index contributed by atoms with van der Waals surface area (Å²) in [5.74, 6) is 0. The molecule has 2 rings (SSSR count). The van der Waals surface area contributed by atoms with E-state index in [0.29, 0.717) is 12.1 Å². The summed E-state index contributed by atoms with van der Waals surface area (Å²) in [6.07, 6.45) is 1.10. The van der Waals surface area contributed by atoms with Crippen molar-refractivity contribution in [3.05, 3.63) is 35.9 Å². The maximum Gasteiger partial charge on any atom is 0.0320 e. The summed E-state index contributed by atoms with van der Waals surface area (Å²) in [6, 6.07) is 11.6. The van der Waals surface area contributed by atoms with Gasteiger partial charge in [-0.3, -0.25) is 4.90 Å². The van der Waals surface area contributed by atoms with Crippen LogP contribution in [-0.2, 0) is 0 Å². The van der Waals surface area contributed by atoms with Gasteiger partial charge in [0.05, 0.1) is 0 Å². The van der Waals surface area contributed by atoms with Crippen LogP contribution in [0.5, 0.6) is 0 Å². The number of benzene rings is 1. The maximum absolute atomic E-state index is 6.19. The summed E-state index contributed by atoms with van der Waals surface area (Å²) in [4.78, 5) is 2.55. The van der Waals surface area contributed by atoms with Crippen LogP contribution in [0.25, 0.3) is 0 Å². The Morgan fingerprint density at radius 2 is 1.94 bits per heavy atom. The van der Waals surface area contributed by atoms with Crippen molar-refractivity contribution in [2.45, 2.75) is 39.3 Å². The van der Waals surface area contributed by atoms with E-state index in [9.17, 15) is 0 Å². The van der Waals surface area contributed by atoms with Crippen molar-refractivity contribution in [3.8, 4) is 0 Å². The molecule has 0 spiro atoms.